The third kappa shape index (κ3) is 3.17. The second-order valence-corrected chi connectivity index (χ2v) is 4.71. The summed E-state index contributed by atoms with van der Waals surface area (Å²) in [6.07, 6.45) is 1.46. The first kappa shape index (κ1) is 13.7. The van der Waals surface area contributed by atoms with Gasteiger partial charge in [-0.25, -0.2) is 0 Å². The SMILES string of the molecule is CCOc1cc(C)ccc1NC(=O)c1ccoc1Br. The molecular weight excluding hydrogens is 310 g/mol. The third-order valence-electron chi connectivity index (χ3n) is 2.55. The van der Waals surface area contributed by atoms with Crippen LogP contribution < -0.4 is 10.1 Å². The predicted octanol–water partition coefficient (Wildman–Crippen LogP) is 4.00. The molecule has 0 bridgehead atoms. The maximum Gasteiger partial charge on any atom is 0.260 e. The van der Waals surface area contributed by atoms with Gasteiger partial charge in [0, 0.05) is 0 Å². The molecule has 2 aromatic rings. The fourth-order valence-electron chi connectivity index (χ4n) is 1.65. The van der Waals surface area contributed by atoms with Crippen LogP contribution in [0.2, 0.25) is 0 Å². The van der Waals surface area contributed by atoms with Gasteiger partial charge in [0.2, 0.25) is 0 Å². The Hall–Kier alpha value is -1.75. The number of nitrogens with one attached hydrogen (secondary N) is 1. The van der Waals surface area contributed by atoms with Crippen molar-refractivity contribution in [3.8, 4) is 5.75 Å². The smallest absolute Gasteiger partial charge is 0.260 e. The highest BCUT2D eigenvalue weighted by atomic mass is 79.9. The van der Waals surface area contributed by atoms with E-state index >= 15 is 0 Å². The van der Waals surface area contributed by atoms with Crippen LogP contribution in [0.4, 0.5) is 5.69 Å². The van der Waals surface area contributed by atoms with Crippen LogP contribution in [-0.4, -0.2) is 12.5 Å². The lowest BCUT2D eigenvalue weighted by molar-refractivity contribution is 0.102. The van der Waals surface area contributed by atoms with Gasteiger partial charge in [0.15, 0.2) is 4.67 Å². The van der Waals surface area contributed by atoms with Crippen molar-refractivity contribution >= 4 is 27.5 Å². The number of aryl methyl sites for hydroxylation is 1. The summed E-state index contributed by atoms with van der Waals surface area (Å²) in [6, 6.07) is 7.24. The zero-order chi connectivity index (χ0) is 13.8. The van der Waals surface area contributed by atoms with Crippen molar-refractivity contribution in [3.63, 3.8) is 0 Å². The van der Waals surface area contributed by atoms with Crippen molar-refractivity contribution in [1.82, 2.24) is 0 Å². The number of hydrogen-bond acceptors (Lipinski definition) is 3. The molecule has 0 saturated carbocycles. The second-order valence-electron chi connectivity index (χ2n) is 3.99. The number of amides is 1. The number of rotatable bonds is 4. The van der Waals surface area contributed by atoms with Gasteiger partial charge >= 0.3 is 0 Å². The Morgan fingerprint density at radius 3 is 2.84 bits per heavy atom. The van der Waals surface area contributed by atoms with Crippen LogP contribution in [-0.2, 0) is 0 Å². The molecule has 0 spiro atoms. The summed E-state index contributed by atoms with van der Waals surface area (Å²) < 4.78 is 11.0. The van der Waals surface area contributed by atoms with E-state index in [9.17, 15) is 4.79 Å². The minimum Gasteiger partial charge on any atom is -0.492 e. The number of benzene rings is 1. The Labute approximate surface area is 119 Å². The van der Waals surface area contributed by atoms with Gasteiger partial charge in [0.25, 0.3) is 5.91 Å². The quantitative estimate of drug-likeness (QED) is 0.925. The summed E-state index contributed by atoms with van der Waals surface area (Å²) in [7, 11) is 0. The Morgan fingerprint density at radius 2 is 2.21 bits per heavy atom. The lowest BCUT2D eigenvalue weighted by atomic mass is 10.2. The van der Waals surface area contributed by atoms with Crippen LogP contribution >= 0.6 is 15.9 Å². The zero-order valence-electron chi connectivity index (χ0n) is 10.7. The molecule has 0 fully saturated rings. The van der Waals surface area contributed by atoms with E-state index in [0.717, 1.165) is 5.56 Å². The van der Waals surface area contributed by atoms with E-state index in [1.807, 2.05) is 32.0 Å². The van der Waals surface area contributed by atoms with Crippen molar-refractivity contribution in [2.45, 2.75) is 13.8 Å². The second kappa shape index (κ2) is 5.93. The Morgan fingerprint density at radius 1 is 1.42 bits per heavy atom. The molecule has 4 nitrogen and oxygen atoms in total. The molecule has 1 aromatic carbocycles. The number of hydrogen-bond donors (Lipinski definition) is 1. The van der Waals surface area contributed by atoms with Gasteiger partial charge < -0.3 is 14.5 Å². The fraction of sp³-hybridized carbons (Fsp3) is 0.214. The van der Waals surface area contributed by atoms with Gasteiger partial charge in [0.05, 0.1) is 24.1 Å². The van der Waals surface area contributed by atoms with Gasteiger partial charge in [-0.15, -0.1) is 0 Å². The first-order valence-corrected chi connectivity index (χ1v) is 6.69. The highest BCUT2D eigenvalue weighted by Gasteiger charge is 2.14. The summed E-state index contributed by atoms with van der Waals surface area (Å²) in [5.41, 5.74) is 2.17. The summed E-state index contributed by atoms with van der Waals surface area (Å²) in [4.78, 5) is 12.1. The molecule has 0 radical (unpaired) electrons. The van der Waals surface area contributed by atoms with E-state index in [-0.39, 0.29) is 5.91 Å². The van der Waals surface area contributed by atoms with Gasteiger partial charge in [-0.05, 0) is 53.5 Å². The van der Waals surface area contributed by atoms with E-state index in [1.165, 1.54) is 6.26 Å². The first-order chi connectivity index (χ1) is 9.11. The van der Waals surface area contributed by atoms with E-state index in [0.29, 0.717) is 28.3 Å². The molecule has 19 heavy (non-hydrogen) atoms. The summed E-state index contributed by atoms with van der Waals surface area (Å²) >= 11 is 3.18. The number of furan rings is 1. The number of carbonyl (C=O) groups is 1. The average molecular weight is 324 g/mol. The van der Waals surface area contributed by atoms with Crippen molar-refractivity contribution < 1.29 is 13.9 Å². The van der Waals surface area contributed by atoms with Crippen molar-refractivity contribution in [1.29, 1.82) is 0 Å². The van der Waals surface area contributed by atoms with E-state index in [1.54, 1.807) is 6.07 Å². The number of carbonyl (C=O) groups excluding carboxylic acids is 1. The Kier molecular flexibility index (Phi) is 4.27. The van der Waals surface area contributed by atoms with Crippen LogP contribution in [0, 0.1) is 6.92 Å². The van der Waals surface area contributed by atoms with Crippen molar-refractivity contribution in [2.24, 2.45) is 0 Å². The molecule has 0 aliphatic rings. The van der Waals surface area contributed by atoms with Gasteiger partial charge in [0.1, 0.15) is 5.75 Å². The van der Waals surface area contributed by atoms with E-state index in [4.69, 9.17) is 9.15 Å². The van der Waals surface area contributed by atoms with Crippen LogP contribution in [0.15, 0.2) is 39.6 Å². The molecular formula is C14H14BrNO3. The van der Waals surface area contributed by atoms with Crippen LogP contribution in [0.3, 0.4) is 0 Å². The van der Waals surface area contributed by atoms with E-state index in [2.05, 4.69) is 21.2 Å². The molecule has 0 aliphatic carbocycles. The highest BCUT2D eigenvalue weighted by Crippen LogP contribution is 2.27. The van der Waals surface area contributed by atoms with Crippen LogP contribution in [0.5, 0.6) is 5.75 Å². The molecule has 0 saturated heterocycles. The van der Waals surface area contributed by atoms with Gasteiger partial charge in [-0.2, -0.15) is 0 Å². The van der Waals surface area contributed by atoms with Gasteiger partial charge in [-0.1, -0.05) is 6.07 Å². The molecule has 1 amide bonds. The standard InChI is InChI=1S/C14H14BrNO3/c1-3-18-12-8-9(2)4-5-11(12)16-14(17)10-6-7-19-13(10)15/h4-8H,3H2,1-2H3,(H,16,17). The predicted molar refractivity (Wildman–Crippen MR) is 76.7 cm³/mol. The van der Waals surface area contributed by atoms with Crippen LogP contribution in [0.1, 0.15) is 22.8 Å². The molecule has 0 unspecified atom stereocenters. The summed E-state index contributed by atoms with van der Waals surface area (Å²) in [6.45, 7) is 4.42. The molecule has 0 atom stereocenters. The minimum atomic E-state index is -0.245. The molecule has 1 N–H and O–H groups in total. The molecule has 1 aromatic heterocycles. The molecule has 5 heteroatoms. The van der Waals surface area contributed by atoms with Gasteiger partial charge in [-0.3, -0.25) is 4.79 Å². The number of anilines is 1. The maximum atomic E-state index is 12.1. The van der Waals surface area contributed by atoms with Crippen LogP contribution in [0.25, 0.3) is 0 Å². The monoisotopic (exact) mass is 323 g/mol. The highest BCUT2D eigenvalue weighted by molar-refractivity contribution is 9.10. The normalized spacial score (nSPS) is 10.3. The molecule has 2 rings (SSSR count). The Balaban J connectivity index is 2.23. The zero-order valence-corrected chi connectivity index (χ0v) is 12.3. The largest absolute Gasteiger partial charge is 0.492 e. The lowest BCUT2D eigenvalue weighted by Gasteiger charge is -2.11. The molecule has 1 heterocycles. The average Bonchev–Trinajstić information content (AvgIpc) is 2.79. The topological polar surface area (TPSA) is 51.5 Å². The van der Waals surface area contributed by atoms with Crippen molar-refractivity contribution in [3.05, 3.63) is 46.3 Å². The Bertz CT molecular complexity index is 592. The fourth-order valence-corrected chi connectivity index (χ4v) is 2.07. The number of ether oxygens (including phenoxy) is 1. The van der Waals surface area contributed by atoms with E-state index < -0.39 is 0 Å². The molecule has 0 aliphatic heterocycles. The van der Waals surface area contributed by atoms with Crippen molar-refractivity contribution in [2.75, 3.05) is 11.9 Å². The summed E-state index contributed by atoms with van der Waals surface area (Å²) in [5, 5.41) is 2.81. The summed E-state index contributed by atoms with van der Waals surface area (Å²) in [5.74, 6) is 0.417. The molecule has 100 valence electrons. The minimum absolute atomic E-state index is 0.245. The number of halogens is 1. The third-order valence-corrected chi connectivity index (χ3v) is 3.16. The maximum absolute atomic E-state index is 12.1. The lowest BCUT2D eigenvalue weighted by Crippen LogP contribution is -2.12. The first-order valence-electron chi connectivity index (χ1n) is 5.89.